The number of carbonyl (C=O) groups excluding carboxylic acids is 1. The molecule has 1 saturated heterocycles. The van der Waals surface area contributed by atoms with Crippen LogP contribution >= 0.6 is 0 Å². The minimum atomic E-state index is -4.34. The Morgan fingerprint density at radius 2 is 1.45 bits per heavy atom. The summed E-state index contributed by atoms with van der Waals surface area (Å²) in [5.41, 5.74) is 0.246. The quantitative estimate of drug-likeness (QED) is 0.293. The van der Waals surface area contributed by atoms with E-state index in [0.717, 1.165) is 4.31 Å². The highest BCUT2D eigenvalue weighted by molar-refractivity contribution is 7.92. The number of nitrogens with one attached hydrogen (secondary N) is 1. The molecule has 1 aliphatic rings. The van der Waals surface area contributed by atoms with Gasteiger partial charge in [0.1, 0.15) is 18.0 Å². The number of sulfonamides is 2. The number of rotatable bonds is 13. The molecule has 0 radical (unpaired) electrons. The molecule has 1 amide bonds. The summed E-state index contributed by atoms with van der Waals surface area (Å²) >= 11 is 0. The summed E-state index contributed by atoms with van der Waals surface area (Å²) < 4.78 is 83.3. The van der Waals surface area contributed by atoms with E-state index >= 15 is 0 Å². The van der Waals surface area contributed by atoms with Crippen molar-refractivity contribution in [1.29, 1.82) is 0 Å². The van der Waals surface area contributed by atoms with Crippen molar-refractivity contribution < 1.29 is 45.3 Å². The van der Waals surface area contributed by atoms with Gasteiger partial charge in [-0.05, 0) is 61.5 Å². The second-order valence-corrected chi connectivity index (χ2v) is 13.2. The molecule has 4 rings (SSSR count). The number of carbonyl (C=O) groups is 1. The van der Waals surface area contributed by atoms with Crippen LogP contribution in [0, 0.1) is 0 Å². The predicted octanol–water partition coefficient (Wildman–Crippen LogP) is 2.97. The summed E-state index contributed by atoms with van der Waals surface area (Å²) in [7, 11) is -4.04. The number of benzene rings is 3. The number of ether oxygens (including phenoxy) is 5. The summed E-state index contributed by atoms with van der Waals surface area (Å²) in [4.78, 5) is 13.3. The van der Waals surface area contributed by atoms with Crippen molar-refractivity contribution >= 4 is 37.3 Å². The highest BCUT2D eigenvalue weighted by Gasteiger charge is 2.30. The lowest BCUT2D eigenvalue weighted by Crippen LogP contribution is -2.40. The largest absolute Gasteiger partial charge is 0.495 e. The van der Waals surface area contributed by atoms with Crippen LogP contribution in [0.3, 0.4) is 0 Å². The molecule has 13 nitrogen and oxygen atoms in total. The van der Waals surface area contributed by atoms with E-state index in [1.807, 2.05) is 6.92 Å². The van der Waals surface area contributed by atoms with E-state index in [1.54, 1.807) is 12.1 Å². The fourth-order valence-electron chi connectivity index (χ4n) is 4.50. The number of hydrogen-bond acceptors (Lipinski definition) is 10. The first-order valence-corrected chi connectivity index (χ1v) is 16.5. The highest BCUT2D eigenvalue weighted by atomic mass is 32.2. The normalized spacial score (nSPS) is 14.0. The topological polar surface area (TPSA) is 150 Å². The molecule has 1 N–H and O–H groups in total. The van der Waals surface area contributed by atoms with Crippen molar-refractivity contribution in [3.05, 3.63) is 60.7 Å². The fourth-order valence-corrected chi connectivity index (χ4v) is 7.37. The Hall–Kier alpha value is -4.05. The predicted molar refractivity (Wildman–Crippen MR) is 163 cm³/mol. The molecule has 238 valence electrons. The summed E-state index contributed by atoms with van der Waals surface area (Å²) in [6, 6.07) is 14.4. The lowest BCUT2D eigenvalue weighted by atomic mass is 10.2. The number of morpholine rings is 1. The van der Waals surface area contributed by atoms with Crippen LogP contribution in [-0.2, 0) is 29.6 Å². The number of hydrogen-bond donors (Lipinski definition) is 1. The molecule has 0 saturated carbocycles. The van der Waals surface area contributed by atoms with Gasteiger partial charge in [-0.2, -0.15) is 4.31 Å². The van der Waals surface area contributed by atoms with Crippen LogP contribution in [-0.4, -0.2) is 87.8 Å². The number of amides is 1. The summed E-state index contributed by atoms with van der Waals surface area (Å²) in [5.74, 6) is 0.479. The molecule has 0 aromatic heterocycles. The SMILES string of the molecule is CCOc1ccc(N(CC(=O)Nc2cc(S(=O)(=O)N3CCOCC3)ccc2OC)S(=O)(=O)c2ccc(OC)c(OC)c2)cc1. The number of anilines is 2. The molecule has 1 aliphatic heterocycles. The Morgan fingerprint density at radius 3 is 2.07 bits per heavy atom. The summed E-state index contributed by atoms with van der Waals surface area (Å²) in [5, 5.41) is 2.63. The van der Waals surface area contributed by atoms with E-state index in [9.17, 15) is 21.6 Å². The number of nitrogens with zero attached hydrogens (tertiary/aromatic N) is 2. The Bertz CT molecular complexity index is 1670. The second-order valence-electron chi connectivity index (χ2n) is 9.38. The monoisotopic (exact) mass is 649 g/mol. The molecule has 1 fully saturated rings. The molecule has 0 bridgehead atoms. The van der Waals surface area contributed by atoms with Crippen LogP contribution in [0.1, 0.15) is 6.92 Å². The van der Waals surface area contributed by atoms with Gasteiger partial charge >= 0.3 is 0 Å². The zero-order valence-corrected chi connectivity index (χ0v) is 26.4. The first-order chi connectivity index (χ1) is 21.0. The zero-order valence-electron chi connectivity index (χ0n) is 24.8. The van der Waals surface area contributed by atoms with Crippen LogP contribution in [0.5, 0.6) is 23.0 Å². The molecule has 3 aromatic carbocycles. The van der Waals surface area contributed by atoms with Gasteiger partial charge in [0.15, 0.2) is 11.5 Å². The first kappa shape index (κ1) is 32.9. The Balaban J connectivity index is 1.68. The molecule has 15 heteroatoms. The Labute approximate surface area is 257 Å². The van der Waals surface area contributed by atoms with Crippen molar-refractivity contribution in [3.63, 3.8) is 0 Å². The van der Waals surface area contributed by atoms with Crippen LogP contribution in [0.2, 0.25) is 0 Å². The lowest BCUT2D eigenvalue weighted by molar-refractivity contribution is -0.114. The average Bonchev–Trinajstić information content (AvgIpc) is 3.04. The molecule has 0 atom stereocenters. The van der Waals surface area contributed by atoms with Crippen molar-refractivity contribution in [2.75, 3.05) is 70.4 Å². The zero-order chi connectivity index (χ0) is 31.9. The van der Waals surface area contributed by atoms with E-state index in [2.05, 4.69) is 5.32 Å². The molecule has 0 spiro atoms. The van der Waals surface area contributed by atoms with Crippen LogP contribution in [0.4, 0.5) is 11.4 Å². The van der Waals surface area contributed by atoms with Gasteiger partial charge in [0.2, 0.25) is 15.9 Å². The summed E-state index contributed by atoms with van der Waals surface area (Å²) in [6.07, 6.45) is 0. The molecule has 0 unspecified atom stereocenters. The van der Waals surface area contributed by atoms with Crippen LogP contribution < -0.4 is 28.6 Å². The second kappa shape index (κ2) is 14.2. The van der Waals surface area contributed by atoms with Crippen LogP contribution in [0.25, 0.3) is 0 Å². The van der Waals surface area contributed by atoms with Gasteiger partial charge in [-0.25, -0.2) is 16.8 Å². The smallest absolute Gasteiger partial charge is 0.264 e. The molecular weight excluding hydrogens is 614 g/mol. The van der Waals surface area contributed by atoms with E-state index in [-0.39, 0.29) is 59.0 Å². The van der Waals surface area contributed by atoms with E-state index in [1.165, 1.54) is 74.2 Å². The van der Waals surface area contributed by atoms with Gasteiger partial charge in [-0.15, -0.1) is 0 Å². The van der Waals surface area contributed by atoms with Gasteiger partial charge in [0.05, 0.1) is 62.3 Å². The third-order valence-electron chi connectivity index (χ3n) is 6.72. The van der Waals surface area contributed by atoms with Crippen molar-refractivity contribution in [1.82, 2.24) is 4.31 Å². The highest BCUT2D eigenvalue weighted by Crippen LogP contribution is 2.33. The number of methoxy groups -OCH3 is 3. The Morgan fingerprint density at radius 1 is 0.841 bits per heavy atom. The summed E-state index contributed by atoms with van der Waals surface area (Å²) in [6.45, 7) is 2.51. The Kier molecular flexibility index (Phi) is 10.6. The van der Waals surface area contributed by atoms with Gasteiger partial charge in [0, 0.05) is 19.2 Å². The van der Waals surface area contributed by atoms with Gasteiger partial charge < -0.3 is 29.0 Å². The van der Waals surface area contributed by atoms with Crippen molar-refractivity contribution in [2.45, 2.75) is 16.7 Å². The molecular formula is C29H35N3O10S2. The fraction of sp³-hybridized carbons (Fsp3) is 0.345. The third kappa shape index (κ3) is 7.18. The van der Waals surface area contributed by atoms with Gasteiger partial charge in [-0.1, -0.05) is 0 Å². The van der Waals surface area contributed by atoms with Crippen molar-refractivity contribution in [2.24, 2.45) is 0 Å². The molecule has 44 heavy (non-hydrogen) atoms. The van der Waals surface area contributed by atoms with Gasteiger partial charge in [0.25, 0.3) is 10.0 Å². The van der Waals surface area contributed by atoms with E-state index < -0.39 is 32.5 Å². The van der Waals surface area contributed by atoms with Gasteiger partial charge in [-0.3, -0.25) is 9.10 Å². The maximum Gasteiger partial charge on any atom is 0.264 e. The van der Waals surface area contributed by atoms with Crippen LogP contribution in [0.15, 0.2) is 70.5 Å². The lowest BCUT2D eigenvalue weighted by Gasteiger charge is -2.26. The van der Waals surface area contributed by atoms with Crippen molar-refractivity contribution in [3.8, 4) is 23.0 Å². The maximum atomic E-state index is 14.0. The standard InChI is InChI=1S/C29H35N3O10S2/c1-5-42-22-8-6-21(7-9-22)32(44(36,37)24-11-13-27(39-3)28(19-24)40-4)20-29(33)30-25-18-23(10-12-26(25)38-2)43(34,35)31-14-16-41-17-15-31/h6-13,18-19H,5,14-17,20H2,1-4H3,(H,30,33). The average molecular weight is 650 g/mol. The minimum absolute atomic E-state index is 0.0574. The third-order valence-corrected chi connectivity index (χ3v) is 10.4. The van der Waals surface area contributed by atoms with E-state index in [0.29, 0.717) is 18.1 Å². The maximum absolute atomic E-state index is 14.0. The first-order valence-electron chi connectivity index (χ1n) is 13.6. The van der Waals surface area contributed by atoms with E-state index in [4.69, 9.17) is 23.7 Å². The molecule has 0 aliphatic carbocycles. The minimum Gasteiger partial charge on any atom is -0.495 e. The molecule has 3 aromatic rings. The molecule has 1 heterocycles.